The van der Waals surface area contributed by atoms with E-state index in [0.29, 0.717) is 11.5 Å². The highest BCUT2D eigenvalue weighted by Gasteiger charge is 2.19. The minimum atomic E-state index is -0.361. The highest BCUT2D eigenvalue weighted by molar-refractivity contribution is 5.89. The molecule has 1 saturated heterocycles. The number of aromatic hydroxyl groups is 1. The first-order valence-electron chi connectivity index (χ1n) is 5.84. The first-order chi connectivity index (χ1) is 8.22. The second-order valence-corrected chi connectivity index (χ2v) is 4.29. The smallest absolute Gasteiger partial charge is 0.337 e. The van der Waals surface area contributed by atoms with Gasteiger partial charge < -0.3 is 15.2 Å². The van der Waals surface area contributed by atoms with Crippen LogP contribution >= 0.6 is 0 Å². The molecule has 1 aliphatic heterocycles. The summed E-state index contributed by atoms with van der Waals surface area (Å²) in [6.45, 7) is 1.90. The van der Waals surface area contributed by atoms with Crippen molar-refractivity contribution in [1.82, 2.24) is 5.32 Å². The lowest BCUT2D eigenvalue weighted by Crippen LogP contribution is -2.26. The van der Waals surface area contributed by atoms with Crippen molar-refractivity contribution >= 4 is 5.97 Å². The third-order valence-electron chi connectivity index (χ3n) is 3.23. The van der Waals surface area contributed by atoms with E-state index < -0.39 is 0 Å². The fourth-order valence-corrected chi connectivity index (χ4v) is 2.26. The highest BCUT2D eigenvalue weighted by Crippen LogP contribution is 2.32. The van der Waals surface area contributed by atoms with Crippen LogP contribution in [0.2, 0.25) is 0 Å². The molecular formula is C13H17NO3. The second-order valence-electron chi connectivity index (χ2n) is 4.29. The molecular weight excluding hydrogens is 218 g/mol. The molecule has 2 rings (SSSR count). The largest absolute Gasteiger partial charge is 0.508 e. The SMILES string of the molecule is COC(=O)c1ccc(O)c(C2CCNCC2)c1. The molecule has 1 aromatic carbocycles. The molecule has 1 aromatic rings. The van der Waals surface area contributed by atoms with Gasteiger partial charge in [-0.3, -0.25) is 0 Å². The van der Waals surface area contributed by atoms with Crippen molar-refractivity contribution < 1.29 is 14.6 Å². The molecule has 0 unspecified atom stereocenters. The van der Waals surface area contributed by atoms with Gasteiger partial charge in [-0.25, -0.2) is 4.79 Å². The van der Waals surface area contributed by atoms with Crippen molar-refractivity contribution in [3.05, 3.63) is 29.3 Å². The summed E-state index contributed by atoms with van der Waals surface area (Å²) < 4.78 is 4.69. The van der Waals surface area contributed by atoms with Crippen LogP contribution in [0, 0.1) is 0 Å². The number of methoxy groups -OCH3 is 1. The van der Waals surface area contributed by atoms with E-state index in [1.807, 2.05) is 0 Å². The number of benzene rings is 1. The fraction of sp³-hybridized carbons (Fsp3) is 0.462. The molecule has 17 heavy (non-hydrogen) atoms. The van der Waals surface area contributed by atoms with Crippen LogP contribution in [-0.2, 0) is 4.74 Å². The molecule has 0 aromatic heterocycles. The summed E-state index contributed by atoms with van der Waals surface area (Å²) in [6, 6.07) is 4.91. The van der Waals surface area contributed by atoms with Gasteiger partial charge in [0.2, 0.25) is 0 Å². The van der Waals surface area contributed by atoms with Gasteiger partial charge in [-0.15, -0.1) is 0 Å². The van der Waals surface area contributed by atoms with Gasteiger partial charge in [0.15, 0.2) is 0 Å². The summed E-state index contributed by atoms with van der Waals surface area (Å²) in [4.78, 5) is 11.4. The minimum absolute atomic E-state index is 0.268. The summed E-state index contributed by atoms with van der Waals surface area (Å²) in [6.07, 6.45) is 1.97. The van der Waals surface area contributed by atoms with Crippen LogP contribution in [0.4, 0.5) is 0 Å². The number of hydrogen-bond donors (Lipinski definition) is 2. The molecule has 2 N–H and O–H groups in total. The standard InChI is InChI=1S/C13H17NO3/c1-17-13(16)10-2-3-12(15)11(8-10)9-4-6-14-7-5-9/h2-3,8-9,14-15H,4-7H2,1H3. The zero-order chi connectivity index (χ0) is 12.3. The fourth-order valence-electron chi connectivity index (χ4n) is 2.26. The van der Waals surface area contributed by atoms with Gasteiger partial charge in [-0.05, 0) is 55.6 Å². The molecule has 0 aliphatic carbocycles. The summed E-state index contributed by atoms with van der Waals surface area (Å²) in [7, 11) is 1.36. The highest BCUT2D eigenvalue weighted by atomic mass is 16.5. The zero-order valence-corrected chi connectivity index (χ0v) is 9.90. The molecule has 0 radical (unpaired) electrons. The van der Waals surface area contributed by atoms with E-state index in [1.54, 1.807) is 18.2 Å². The summed E-state index contributed by atoms with van der Waals surface area (Å²) >= 11 is 0. The van der Waals surface area contributed by atoms with Crippen molar-refractivity contribution in [1.29, 1.82) is 0 Å². The number of hydrogen-bond acceptors (Lipinski definition) is 4. The monoisotopic (exact) mass is 235 g/mol. The molecule has 0 amide bonds. The van der Waals surface area contributed by atoms with Gasteiger partial charge in [0.25, 0.3) is 0 Å². The van der Waals surface area contributed by atoms with Crippen molar-refractivity contribution in [2.24, 2.45) is 0 Å². The van der Waals surface area contributed by atoms with E-state index in [1.165, 1.54) is 7.11 Å². The number of carbonyl (C=O) groups is 1. The number of carbonyl (C=O) groups excluding carboxylic acids is 1. The van der Waals surface area contributed by atoms with Crippen LogP contribution in [0.1, 0.15) is 34.7 Å². The van der Waals surface area contributed by atoms with Gasteiger partial charge in [-0.2, -0.15) is 0 Å². The average Bonchev–Trinajstić information content (AvgIpc) is 2.39. The van der Waals surface area contributed by atoms with Crippen LogP contribution in [-0.4, -0.2) is 31.3 Å². The van der Waals surface area contributed by atoms with Gasteiger partial charge >= 0.3 is 5.97 Å². The van der Waals surface area contributed by atoms with Gasteiger partial charge in [0.1, 0.15) is 5.75 Å². The zero-order valence-electron chi connectivity index (χ0n) is 9.90. The van der Waals surface area contributed by atoms with Gasteiger partial charge in [-0.1, -0.05) is 0 Å². The van der Waals surface area contributed by atoms with Crippen LogP contribution in [0.15, 0.2) is 18.2 Å². The molecule has 0 bridgehead atoms. The molecule has 0 atom stereocenters. The minimum Gasteiger partial charge on any atom is -0.508 e. The Hall–Kier alpha value is -1.55. The maximum atomic E-state index is 11.4. The van der Waals surface area contributed by atoms with Crippen molar-refractivity contribution in [3.63, 3.8) is 0 Å². The predicted octanol–water partition coefficient (Wildman–Crippen LogP) is 1.65. The lowest BCUT2D eigenvalue weighted by molar-refractivity contribution is 0.0600. The number of phenols is 1. The summed E-state index contributed by atoms with van der Waals surface area (Å²) in [5.41, 5.74) is 1.35. The lowest BCUT2D eigenvalue weighted by atomic mass is 9.88. The van der Waals surface area contributed by atoms with Crippen LogP contribution in [0.3, 0.4) is 0 Å². The lowest BCUT2D eigenvalue weighted by Gasteiger charge is -2.23. The Morgan fingerprint density at radius 1 is 1.41 bits per heavy atom. The van der Waals surface area contributed by atoms with Gasteiger partial charge in [0.05, 0.1) is 12.7 Å². The Bertz CT molecular complexity index is 411. The number of piperidine rings is 1. The molecule has 4 nitrogen and oxygen atoms in total. The Morgan fingerprint density at radius 2 is 2.12 bits per heavy atom. The molecule has 92 valence electrons. The van der Waals surface area contributed by atoms with Crippen molar-refractivity contribution in [3.8, 4) is 5.75 Å². The number of esters is 1. The number of rotatable bonds is 2. The third-order valence-corrected chi connectivity index (χ3v) is 3.23. The first-order valence-corrected chi connectivity index (χ1v) is 5.84. The van der Waals surface area contributed by atoms with E-state index in [0.717, 1.165) is 31.5 Å². The van der Waals surface area contributed by atoms with E-state index in [9.17, 15) is 9.90 Å². The molecule has 1 aliphatic rings. The number of phenolic OH excluding ortho intramolecular Hbond substituents is 1. The molecule has 4 heteroatoms. The number of ether oxygens (including phenoxy) is 1. The topological polar surface area (TPSA) is 58.6 Å². The second kappa shape index (κ2) is 5.19. The van der Waals surface area contributed by atoms with Crippen LogP contribution in [0.25, 0.3) is 0 Å². The maximum Gasteiger partial charge on any atom is 0.337 e. The number of nitrogens with one attached hydrogen (secondary N) is 1. The average molecular weight is 235 g/mol. The first kappa shape index (κ1) is 11.9. The molecule has 1 fully saturated rings. The summed E-state index contributed by atoms with van der Waals surface area (Å²) in [5, 5.41) is 13.1. The normalized spacial score (nSPS) is 16.8. The van der Waals surface area contributed by atoms with E-state index >= 15 is 0 Å². The predicted molar refractivity (Wildman–Crippen MR) is 64.3 cm³/mol. The van der Waals surface area contributed by atoms with Crippen LogP contribution in [0.5, 0.6) is 5.75 Å². The summed E-state index contributed by atoms with van der Waals surface area (Å²) in [5.74, 6) is 0.227. The maximum absolute atomic E-state index is 11.4. The molecule has 1 heterocycles. The Morgan fingerprint density at radius 3 is 2.76 bits per heavy atom. The van der Waals surface area contributed by atoms with E-state index in [2.05, 4.69) is 10.1 Å². The quantitative estimate of drug-likeness (QED) is 0.765. The molecule has 0 saturated carbocycles. The van der Waals surface area contributed by atoms with E-state index in [4.69, 9.17) is 0 Å². The van der Waals surface area contributed by atoms with Crippen molar-refractivity contribution in [2.75, 3.05) is 20.2 Å². The Balaban J connectivity index is 2.28. The molecule has 0 spiro atoms. The van der Waals surface area contributed by atoms with Crippen LogP contribution < -0.4 is 5.32 Å². The van der Waals surface area contributed by atoms with E-state index in [-0.39, 0.29) is 11.7 Å². The van der Waals surface area contributed by atoms with Crippen molar-refractivity contribution in [2.45, 2.75) is 18.8 Å². The van der Waals surface area contributed by atoms with Gasteiger partial charge in [0, 0.05) is 0 Å². The Labute approximate surface area is 101 Å². The Kier molecular flexibility index (Phi) is 3.64. The third kappa shape index (κ3) is 2.58.